The monoisotopic (exact) mass is 244 g/mol. The lowest BCUT2D eigenvalue weighted by atomic mass is 10.1. The van der Waals surface area contributed by atoms with Crippen LogP contribution in [0.5, 0.6) is 0 Å². The Kier molecular flexibility index (Phi) is 4.54. The smallest absolute Gasteiger partial charge is 0.128 e. The molecule has 4 nitrogen and oxygen atoms in total. The van der Waals surface area contributed by atoms with Gasteiger partial charge >= 0.3 is 0 Å². The summed E-state index contributed by atoms with van der Waals surface area (Å²) in [5, 5.41) is 12.2. The summed E-state index contributed by atoms with van der Waals surface area (Å²) in [6.45, 7) is 5.36. The molecular formula is C14H20N4. The Bertz CT molecular complexity index is 401. The molecule has 1 fully saturated rings. The van der Waals surface area contributed by atoms with Gasteiger partial charge < -0.3 is 10.2 Å². The zero-order chi connectivity index (χ0) is 12.8. The molecule has 0 spiro atoms. The van der Waals surface area contributed by atoms with Gasteiger partial charge in [0.2, 0.25) is 0 Å². The van der Waals surface area contributed by atoms with Gasteiger partial charge in [0.1, 0.15) is 11.9 Å². The molecule has 1 unspecified atom stereocenters. The number of rotatable bonds is 4. The molecule has 0 aromatic carbocycles. The minimum absolute atomic E-state index is 0.527. The zero-order valence-corrected chi connectivity index (χ0v) is 10.9. The maximum Gasteiger partial charge on any atom is 0.128 e. The molecule has 0 radical (unpaired) electrons. The van der Waals surface area contributed by atoms with Gasteiger partial charge in [0.15, 0.2) is 0 Å². The molecule has 2 rings (SSSR count). The molecule has 1 N–H and O–H groups in total. The zero-order valence-electron chi connectivity index (χ0n) is 10.9. The Balaban J connectivity index is 2.14. The first kappa shape index (κ1) is 12.8. The van der Waals surface area contributed by atoms with Crippen molar-refractivity contribution in [3.8, 4) is 6.07 Å². The largest absolute Gasteiger partial charge is 0.352 e. The molecule has 96 valence electrons. The van der Waals surface area contributed by atoms with Crippen molar-refractivity contribution in [3.05, 3.63) is 23.9 Å². The van der Waals surface area contributed by atoms with Crippen LogP contribution in [-0.2, 0) is 0 Å². The van der Waals surface area contributed by atoms with E-state index in [1.165, 1.54) is 12.8 Å². The Hall–Kier alpha value is -1.60. The van der Waals surface area contributed by atoms with Crippen molar-refractivity contribution in [1.82, 2.24) is 10.3 Å². The molecular weight excluding hydrogens is 224 g/mol. The van der Waals surface area contributed by atoms with Gasteiger partial charge in [-0.3, -0.25) is 0 Å². The van der Waals surface area contributed by atoms with Crippen LogP contribution in [0.4, 0.5) is 5.82 Å². The average molecular weight is 244 g/mol. The first-order valence-corrected chi connectivity index (χ1v) is 6.68. The fraction of sp³-hybridized carbons (Fsp3) is 0.571. The van der Waals surface area contributed by atoms with E-state index in [0.717, 1.165) is 31.9 Å². The van der Waals surface area contributed by atoms with Gasteiger partial charge in [-0.1, -0.05) is 6.92 Å². The lowest BCUT2D eigenvalue weighted by Crippen LogP contribution is -2.46. The summed E-state index contributed by atoms with van der Waals surface area (Å²) in [7, 11) is 0. The summed E-state index contributed by atoms with van der Waals surface area (Å²) >= 11 is 0. The number of pyridine rings is 1. The second-order valence-electron chi connectivity index (χ2n) is 4.71. The summed E-state index contributed by atoms with van der Waals surface area (Å²) in [6.07, 6.45) is 5.21. The van der Waals surface area contributed by atoms with E-state index in [0.29, 0.717) is 11.6 Å². The molecule has 18 heavy (non-hydrogen) atoms. The van der Waals surface area contributed by atoms with Crippen LogP contribution < -0.4 is 10.2 Å². The molecule has 2 heterocycles. The van der Waals surface area contributed by atoms with Gasteiger partial charge in [-0.25, -0.2) is 4.98 Å². The molecule has 0 saturated carbocycles. The minimum Gasteiger partial charge on any atom is -0.352 e. The normalized spacial score (nSPS) is 19.2. The summed E-state index contributed by atoms with van der Waals surface area (Å²) in [4.78, 5) is 6.79. The predicted molar refractivity (Wildman–Crippen MR) is 72.5 cm³/mol. The van der Waals surface area contributed by atoms with Gasteiger partial charge in [0.25, 0.3) is 0 Å². The second-order valence-corrected chi connectivity index (χ2v) is 4.71. The van der Waals surface area contributed by atoms with Crippen molar-refractivity contribution in [2.75, 3.05) is 24.5 Å². The predicted octanol–water partition coefficient (Wildman–Crippen LogP) is 1.92. The van der Waals surface area contributed by atoms with Gasteiger partial charge in [-0.05, 0) is 37.9 Å². The van der Waals surface area contributed by atoms with Crippen LogP contribution in [-0.4, -0.2) is 30.7 Å². The van der Waals surface area contributed by atoms with E-state index in [1.807, 2.05) is 12.1 Å². The highest BCUT2D eigenvalue weighted by molar-refractivity contribution is 5.43. The Morgan fingerprint density at radius 2 is 2.44 bits per heavy atom. The standard InChI is InChI=1S/C14H20N4/c1-2-8-18(13-4-3-7-16-11-13)14-6-5-12(9-15)10-17-14/h5-6,10,13,16H,2-4,7-8,11H2,1H3. The van der Waals surface area contributed by atoms with Crippen LogP contribution in [0.15, 0.2) is 18.3 Å². The number of nitrogens with one attached hydrogen (secondary N) is 1. The first-order chi connectivity index (χ1) is 8.85. The molecule has 0 bridgehead atoms. The summed E-state index contributed by atoms with van der Waals surface area (Å²) in [5.74, 6) is 0.990. The SMILES string of the molecule is CCCN(c1ccc(C#N)cn1)C1CCCNC1. The van der Waals surface area contributed by atoms with E-state index < -0.39 is 0 Å². The maximum absolute atomic E-state index is 8.81. The fourth-order valence-electron chi connectivity index (χ4n) is 2.45. The molecule has 0 amide bonds. The lowest BCUT2D eigenvalue weighted by molar-refractivity contribution is 0.429. The maximum atomic E-state index is 8.81. The summed E-state index contributed by atoms with van der Waals surface area (Å²) in [5.41, 5.74) is 0.622. The van der Waals surface area contributed by atoms with Crippen molar-refractivity contribution >= 4 is 5.82 Å². The van der Waals surface area contributed by atoms with Crippen molar-refractivity contribution in [1.29, 1.82) is 5.26 Å². The molecule has 4 heteroatoms. The topological polar surface area (TPSA) is 52.0 Å². The molecule has 1 aromatic heterocycles. The second kappa shape index (κ2) is 6.36. The molecule has 1 aliphatic rings. The van der Waals surface area contributed by atoms with Crippen LogP contribution >= 0.6 is 0 Å². The van der Waals surface area contributed by atoms with E-state index in [1.54, 1.807) is 6.20 Å². The van der Waals surface area contributed by atoms with Crippen molar-refractivity contribution in [2.45, 2.75) is 32.2 Å². The van der Waals surface area contributed by atoms with Gasteiger partial charge in [-0.15, -0.1) is 0 Å². The fourth-order valence-corrected chi connectivity index (χ4v) is 2.45. The Labute approximate surface area is 109 Å². The molecule has 0 aliphatic carbocycles. The van der Waals surface area contributed by atoms with Gasteiger partial charge in [0.05, 0.1) is 5.56 Å². The number of hydrogen-bond acceptors (Lipinski definition) is 4. The van der Waals surface area contributed by atoms with Crippen LogP contribution in [0.25, 0.3) is 0 Å². The number of anilines is 1. The average Bonchev–Trinajstić information content (AvgIpc) is 2.46. The number of aromatic nitrogens is 1. The first-order valence-electron chi connectivity index (χ1n) is 6.68. The third kappa shape index (κ3) is 2.99. The molecule has 1 saturated heterocycles. The summed E-state index contributed by atoms with van der Waals surface area (Å²) < 4.78 is 0. The third-order valence-corrected chi connectivity index (χ3v) is 3.35. The third-order valence-electron chi connectivity index (χ3n) is 3.35. The van der Waals surface area contributed by atoms with Crippen LogP contribution in [0.2, 0.25) is 0 Å². The number of piperidine rings is 1. The molecule has 1 aromatic rings. The van der Waals surface area contributed by atoms with Crippen LogP contribution in [0.3, 0.4) is 0 Å². The molecule has 1 atom stereocenters. The van der Waals surface area contributed by atoms with E-state index in [-0.39, 0.29) is 0 Å². The van der Waals surface area contributed by atoms with E-state index in [4.69, 9.17) is 5.26 Å². The van der Waals surface area contributed by atoms with E-state index >= 15 is 0 Å². The lowest BCUT2D eigenvalue weighted by Gasteiger charge is -2.35. The van der Waals surface area contributed by atoms with E-state index in [2.05, 4.69) is 28.2 Å². The molecule has 1 aliphatic heterocycles. The highest BCUT2D eigenvalue weighted by Crippen LogP contribution is 2.19. The van der Waals surface area contributed by atoms with Gasteiger partial charge in [0, 0.05) is 25.3 Å². The van der Waals surface area contributed by atoms with Gasteiger partial charge in [-0.2, -0.15) is 5.26 Å². The quantitative estimate of drug-likeness (QED) is 0.879. The van der Waals surface area contributed by atoms with Crippen molar-refractivity contribution in [2.24, 2.45) is 0 Å². The van der Waals surface area contributed by atoms with Crippen LogP contribution in [0.1, 0.15) is 31.7 Å². The highest BCUT2D eigenvalue weighted by atomic mass is 15.2. The van der Waals surface area contributed by atoms with Crippen LogP contribution in [0, 0.1) is 11.3 Å². The number of nitriles is 1. The number of hydrogen-bond donors (Lipinski definition) is 1. The highest BCUT2D eigenvalue weighted by Gasteiger charge is 2.21. The Morgan fingerprint density at radius 3 is 3.00 bits per heavy atom. The van der Waals surface area contributed by atoms with E-state index in [9.17, 15) is 0 Å². The van der Waals surface area contributed by atoms with Crippen molar-refractivity contribution in [3.63, 3.8) is 0 Å². The number of nitrogens with zero attached hydrogens (tertiary/aromatic N) is 3. The Morgan fingerprint density at radius 1 is 1.56 bits per heavy atom. The minimum atomic E-state index is 0.527. The summed E-state index contributed by atoms with van der Waals surface area (Å²) in [6, 6.07) is 6.45. The van der Waals surface area contributed by atoms with Crippen molar-refractivity contribution < 1.29 is 0 Å².